The molecule has 82 heavy (non-hydrogen) atoms. The maximum absolute atomic E-state index is 3.92. The van der Waals surface area contributed by atoms with Crippen LogP contribution in [0.1, 0.15) is 66.2 Å². The quantitative estimate of drug-likeness (QED) is 0.107. The molecule has 398 valence electrons. The van der Waals surface area contributed by atoms with Crippen LogP contribution >= 0.6 is 0 Å². The number of nitrogens with one attached hydrogen (secondary N) is 2. The zero-order valence-corrected chi connectivity index (χ0v) is 46.3. The topological polar surface area (TPSA) is 42.1 Å². The van der Waals surface area contributed by atoms with Crippen LogP contribution in [0.5, 0.6) is 0 Å². The van der Waals surface area contributed by atoms with Crippen LogP contribution in [-0.4, -0.2) is 20.7 Å². The Balaban J connectivity index is 0.855. The molecular weight excluding hydrogens is 997 g/mol. The van der Waals surface area contributed by atoms with Gasteiger partial charge in [0.2, 0.25) is 0 Å². The molecule has 2 aliphatic carbocycles. The second kappa shape index (κ2) is 21.2. The summed E-state index contributed by atoms with van der Waals surface area (Å²) < 4.78 is 7.58. The van der Waals surface area contributed by atoms with Crippen molar-refractivity contribution in [1.29, 1.82) is 0 Å². The number of hydrogen-bond acceptors (Lipinski definition) is 3. The van der Waals surface area contributed by atoms with Crippen molar-refractivity contribution in [2.75, 3.05) is 11.9 Å². The van der Waals surface area contributed by atoms with Crippen LogP contribution in [0.25, 0.3) is 99.9 Å². The maximum Gasteiger partial charge on any atom is 0.0841 e. The van der Waals surface area contributed by atoms with Crippen molar-refractivity contribution < 1.29 is 0 Å². The van der Waals surface area contributed by atoms with Crippen molar-refractivity contribution in [1.82, 2.24) is 24.3 Å². The van der Waals surface area contributed by atoms with E-state index in [1.165, 1.54) is 112 Å². The molecule has 0 spiro atoms. The number of aromatic nitrogens is 3. The van der Waals surface area contributed by atoms with Gasteiger partial charge in [-0.2, -0.15) is 0 Å². The van der Waals surface area contributed by atoms with Crippen LogP contribution in [0.15, 0.2) is 249 Å². The van der Waals surface area contributed by atoms with Crippen molar-refractivity contribution in [2.45, 2.75) is 57.8 Å². The lowest BCUT2D eigenvalue weighted by Crippen LogP contribution is -2.33. The van der Waals surface area contributed by atoms with Gasteiger partial charge in [-0.1, -0.05) is 182 Å². The van der Waals surface area contributed by atoms with Gasteiger partial charge in [0.05, 0.1) is 45.1 Å². The SMILES string of the molecule is CN(c1ccccc1-c1ccccc1)c1cc(C(NCc2ccccc2)NCc2ccccc2)ccc1-n1c2ccccc2c2cc(-c3ccc4c(c3)c3c(n4-c4ccc5c(c4)c4ccccc4n5C4=CCCCC4)CCC=C3)ccc21. The lowest BCUT2D eigenvalue weighted by Gasteiger charge is -2.29. The number of rotatable bonds is 14. The standard InChI is InChI=1S/C76H64N6/c1-79(67-34-18-14-30-60(67)54-26-10-4-11-27-54)75-48-57(76(77-50-52-22-6-2-7-23-52)78-51-53-24-8-3-9-25-53)40-44-74(75)82-70-37-21-17-32-62(70)65-47-56(39-43-73(65)82)55-38-42-71-64(46-55)61-31-15-20-36-69(61)81(71)59-41-45-72-66(49-59)63-33-16-19-35-68(63)80(72)58-28-12-5-13-29-58/h2-4,6-11,14-19,21-28,30-35,37-49,76-78H,5,12-13,20,29,36,50-51H2,1H3. The van der Waals surface area contributed by atoms with Gasteiger partial charge < -0.3 is 18.6 Å². The molecule has 0 radical (unpaired) electrons. The zero-order chi connectivity index (χ0) is 54.5. The normalized spacial score (nSPS) is 13.5. The summed E-state index contributed by atoms with van der Waals surface area (Å²) in [6, 6.07) is 87.4. The molecular formula is C76H64N6. The molecule has 2 N–H and O–H groups in total. The highest BCUT2D eigenvalue weighted by Gasteiger charge is 2.25. The first kappa shape index (κ1) is 49.6. The molecule has 2 aliphatic rings. The third-order valence-corrected chi connectivity index (χ3v) is 17.4. The van der Waals surface area contributed by atoms with Crippen LogP contribution in [0.4, 0.5) is 11.4 Å². The highest BCUT2D eigenvalue weighted by Crippen LogP contribution is 2.44. The molecule has 3 aromatic heterocycles. The summed E-state index contributed by atoms with van der Waals surface area (Å²) in [6.45, 7) is 1.43. The smallest absolute Gasteiger partial charge is 0.0841 e. The summed E-state index contributed by atoms with van der Waals surface area (Å²) in [4.78, 5) is 2.39. The van der Waals surface area contributed by atoms with Crippen LogP contribution in [0.3, 0.4) is 0 Å². The number of benzene rings is 10. The van der Waals surface area contributed by atoms with E-state index < -0.39 is 0 Å². The fourth-order valence-corrected chi connectivity index (χ4v) is 13.4. The lowest BCUT2D eigenvalue weighted by atomic mass is 9.98. The van der Waals surface area contributed by atoms with Crippen LogP contribution in [0, 0.1) is 0 Å². The molecule has 6 heteroatoms. The molecule has 0 unspecified atom stereocenters. The van der Waals surface area contributed by atoms with E-state index in [1.807, 2.05) is 0 Å². The molecule has 0 aliphatic heterocycles. The summed E-state index contributed by atoms with van der Waals surface area (Å²) >= 11 is 0. The Hall–Kier alpha value is -9.46. The maximum atomic E-state index is 3.92. The molecule has 0 amide bonds. The second-order valence-electron chi connectivity index (χ2n) is 22.3. The summed E-state index contributed by atoms with van der Waals surface area (Å²) in [5.74, 6) is 0. The Bertz CT molecular complexity index is 4550. The average molecular weight is 1060 g/mol. The second-order valence-corrected chi connectivity index (χ2v) is 22.3. The molecule has 15 rings (SSSR count). The third-order valence-electron chi connectivity index (χ3n) is 17.4. The van der Waals surface area contributed by atoms with Gasteiger partial charge in [-0.25, -0.2) is 0 Å². The number of allylic oxidation sites excluding steroid dienone is 3. The number of nitrogens with zero attached hydrogens (tertiary/aromatic N) is 4. The first-order valence-corrected chi connectivity index (χ1v) is 29.3. The van der Waals surface area contributed by atoms with Gasteiger partial charge in [-0.15, -0.1) is 0 Å². The Morgan fingerprint density at radius 2 is 1.02 bits per heavy atom. The molecule has 10 aromatic carbocycles. The minimum atomic E-state index is -0.150. The molecule has 3 heterocycles. The van der Waals surface area contributed by atoms with E-state index in [0.717, 1.165) is 59.3 Å². The van der Waals surface area contributed by atoms with E-state index in [9.17, 15) is 0 Å². The van der Waals surface area contributed by atoms with Gasteiger partial charge in [0.1, 0.15) is 0 Å². The van der Waals surface area contributed by atoms with E-state index in [-0.39, 0.29) is 6.17 Å². The van der Waals surface area contributed by atoms with Crippen molar-refractivity contribution in [3.63, 3.8) is 0 Å². The van der Waals surface area contributed by atoms with Gasteiger partial charge in [0.25, 0.3) is 0 Å². The average Bonchev–Trinajstić information content (AvgIpc) is 4.24. The minimum Gasteiger partial charge on any atom is -0.342 e. The molecule has 6 nitrogen and oxygen atoms in total. The molecule has 0 saturated carbocycles. The highest BCUT2D eigenvalue weighted by atomic mass is 15.2. The van der Waals surface area contributed by atoms with Gasteiger partial charge in [0.15, 0.2) is 0 Å². The van der Waals surface area contributed by atoms with E-state index >= 15 is 0 Å². The van der Waals surface area contributed by atoms with E-state index in [1.54, 1.807) is 0 Å². The Morgan fingerprint density at radius 1 is 0.439 bits per heavy atom. The number of para-hydroxylation sites is 3. The van der Waals surface area contributed by atoms with Crippen molar-refractivity contribution in [3.05, 3.63) is 277 Å². The number of hydrogen-bond donors (Lipinski definition) is 2. The van der Waals surface area contributed by atoms with Gasteiger partial charge in [-0.05, 0) is 145 Å². The lowest BCUT2D eigenvalue weighted by molar-refractivity contribution is 0.436. The zero-order valence-electron chi connectivity index (χ0n) is 46.3. The van der Waals surface area contributed by atoms with Crippen LogP contribution in [-0.2, 0) is 19.5 Å². The van der Waals surface area contributed by atoms with Gasteiger partial charge in [0, 0.05) is 81.0 Å². The summed E-state index contributed by atoms with van der Waals surface area (Å²) in [5, 5.41) is 14.2. The summed E-state index contributed by atoms with van der Waals surface area (Å²) in [6.07, 6.45) is 13.9. The summed E-state index contributed by atoms with van der Waals surface area (Å²) in [5.41, 5.74) is 23.3. The van der Waals surface area contributed by atoms with Crippen LogP contribution in [0.2, 0.25) is 0 Å². The minimum absolute atomic E-state index is 0.150. The Morgan fingerprint density at radius 3 is 1.73 bits per heavy atom. The fourth-order valence-electron chi connectivity index (χ4n) is 13.4. The largest absolute Gasteiger partial charge is 0.342 e. The molecule has 0 saturated heterocycles. The number of fused-ring (bicyclic) bond motifs is 9. The fraction of sp³-hybridized carbons (Fsp3) is 0.132. The molecule has 0 atom stereocenters. The van der Waals surface area contributed by atoms with E-state index in [2.05, 4.69) is 291 Å². The first-order chi connectivity index (χ1) is 40.6. The Kier molecular flexibility index (Phi) is 12.8. The van der Waals surface area contributed by atoms with Crippen LogP contribution < -0.4 is 15.5 Å². The van der Waals surface area contributed by atoms with Gasteiger partial charge >= 0.3 is 0 Å². The van der Waals surface area contributed by atoms with Crippen molar-refractivity contribution >= 4 is 77.7 Å². The van der Waals surface area contributed by atoms with Crippen molar-refractivity contribution in [2.24, 2.45) is 0 Å². The summed E-state index contributed by atoms with van der Waals surface area (Å²) in [7, 11) is 2.23. The van der Waals surface area contributed by atoms with E-state index in [0.29, 0.717) is 13.1 Å². The van der Waals surface area contributed by atoms with Gasteiger partial charge in [-0.3, -0.25) is 10.6 Å². The monoisotopic (exact) mass is 1060 g/mol. The van der Waals surface area contributed by atoms with Crippen molar-refractivity contribution in [3.8, 4) is 33.6 Å². The predicted octanol–water partition coefficient (Wildman–Crippen LogP) is 18.9. The van der Waals surface area contributed by atoms with E-state index in [4.69, 9.17) is 0 Å². The molecule has 0 fully saturated rings. The first-order valence-electron chi connectivity index (χ1n) is 29.3. The highest BCUT2D eigenvalue weighted by molar-refractivity contribution is 6.12. The number of anilines is 2. The third kappa shape index (κ3) is 8.83. The molecule has 0 bridgehead atoms. The predicted molar refractivity (Wildman–Crippen MR) is 345 cm³/mol. The Labute approximate surface area is 479 Å². The molecule has 13 aromatic rings.